The molecule has 0 bridgehead atoms. The molecule has 2 fully saturated rings. The van der Waals surface area contributed by atoms with Crippen molar-refractivity contribution in [1.82, 2.24) is 19.8 Å². The molecule has 2 aromatic carbocycles. The predicted octanol–water partition coefficient (Wildman–Crippen LogP) is 4.15. The van der Waals surface area contributed by atoms with Crippen LogP contribution in [0.15, 0.2) is 67.1 Å². The Bertz CT molecular complexity index is 1120. The van der Waals surface area contributed by atoms with Crippen LogP contribution in [0.1, 0.15) is 36.3 Å². The summed E-state index contributed by atoms with van der Waals surface area (Å²) < 4.78 is 11.7. The van der Waals surface area contributed by atoms with Crippen LogP contribution in [-0.4, -0.2) is 71.7 Å². The Morgan fingerprint density at radius 1 is 1.00 bits per heavy atom. The molecular formula is C29H34N4O3. The number of nitrogens with zero attached hydrogens (tertiary/aromatic N) is 4. The van der Waals surface area contributed by atoms with Gasteiger partial charge in [0.05, 0.1) is 25.1 Å². The molecule has 1 atom stereocenters. The number of benzene rings is 2. The van der Waals surface area contributed by atoms with Crippen molar-refractivity contribution < 1.29 is 14.3 Å². The summed E-state index contributed by atoms with van der Waals surface area (Å²) in [5.41, 5.74) is 4.23. The summed E-state index contributed by atoms with van der Waals surface area (Å²) in [5.74, 6) is 1.32. The lowest BCUT2D eigenvalue weighted by atomic mass is 9.92. The number of morpholine rings is 1. The van der Waals surface area contributed by atoms with Crippen LogP contribution < -0.4 is 4.74 Å². The van der Waals surface area contributed by atoms with Gasteiger partial charge in [-0.25, -0.2) is 0 Å². The maximum Gasteiger partial charge on any atom is 0.260 e. The smallest absolute Gasteiger partial charge is 0.260 e. The van der Waals surface area contributed by atoms with E-state index in [1.807, 2.05) is 17.0 Å². The largest absolute Gasteiger partial charge is 0.483 e. The standard InChI is InChI=1S/C29H34N4O3/c34-29(33-13-4-7-24(10-14-33)23-5-2-1-3-6-23)22-36-28-9-8-25(27-20-30-11-12-31-27)19-26(28)21-32-15-17-35-18-16-32/h1-3,5-6,8-9,11-12,19-20,24H,4,7,10,13-18,21-22H2. The molecule has 7 nitrogen and oxygen atoms in total. The molecule has 2 aliphatic heterocycles. The van der Waals surface area contributed by atoms with Crippen LogP contribution in [-0.2, 0) is 16.1 Å². The number of rotatable bonds is 7. The molecule has 188 valence electrons. The molecule has 3 heterocycles. The molecular weight excluding hydrogens is 452 g/mol. The monoisotopic (exact) mass is 486 g/mol. The molecule has 0 saturated carbocycles. The van der Waals surface area contributed by atoms with Gasteiger partial charge in [0, 0.05) is 56.2 Å². The fraction of sp³-hybridized carbons (Fsp3) is 0.414. The van der Waals surface area contributed by atoms with E-state index in [4.69, 9.17) is 9.47 Å². The van der Waals surface area contributed by atoms with Crippen LogP contribution in [0.5, 0.6) is 5.75 Å². The van der Waals surface area contributed by atoms with Gasteiger partial charge in [0.15, 0.2) is 6.61 Å². The normalized spacial score (nSPS) is 19.0. The number of hydrogen-bond acceptors (Lipinski definition) is 6. The molecule has 1 aromatic heterocycles. The zero-order valence-electron chi connectivity index (χ0n) is 20.7. The number of aromatic nitrogens is 2. The van der Waals surface area contributed by atoms with Gasteiger partial charge < -0.3 is 14.4 Å². The second-order valence-corrected chi connectivity index (χ2v) is 9.51. The molecule has 0 aliphatic carbocycles. The van der Waals surface area contributed by atoms with Crippen LogP contribution in [0, 0.1) is 0 Å². The molecule has 1 unspecified atom stereocenters. The van der Waals surface area contributed by atoms with Crippen LogP contribution in [0.2, 0.25) is 0 Å². The van der Waals surface area contributed by atoms with Crippen molar-refractivity contribution in [2.45, 2.75) is 31.7 Å². The Hall–Kier alpha value is -3.29. The molecule has 36 heavy (non-hydrogen) atoms. The third-order valence-corrected chi connectivity index (χ3v) is 7.12. The fourth-order valence-corrected chi connectivity index (χ4v) is 5.09. The highest BCUT2D eigenvalue weighted by atomic mass is 16.5. The molecule has 2 saturated heterocycles. The van der Waals surface area contributed by atoms with Crippen molar-refractivity contribution in [2.24, 2.45) is 0 Å². The summed E-state index contributed by atoms with van der Waals surface area (Å²) in [6.45, 7) is 5.58. The van der Waals surface area contributed by atoms with Gasteiger partial charge in [-0.2, -0.15) is 0 Å². The van der Waals surface area contributed by atoms with Crippen molar-refractivity contribution in [3.05, 3.63) is 78.2 Å². The number of amides is 1. The average Bonchev–Trinajstić information content (AvgIpc) is 3.20. The lowest BCUT2D eigenvalue weighted by molar-refractivity contribution is -0.133. The van der Waals surface area contributed by atoms with E-state index in [9.17, 15) is 4.79 Å². The van der Waals surface area contributed by atoms with Crippen molar-refractivity contribution in [3.8, 4) is 17.0 Å². The summed E-state index contributed by atoms with van der Waals surface area (Å²) >= 11 is 0. The third kappa shape index (κ3) is 6.28. The molecule has 2 aliphatic rings. The van der Waals surface area contributed by atoms with Crippen molar-refractivity contribution >= 4 is 5.91 Å². The van der Waals surface area contributed by atoms with Gasteiger partial charge in [-0.15, -0.1) is 0 Å². The maximum absolute atomic E-state index is 13.1. The molecule has 3 aromatic rings. The summed E-state index contributed by atoms with van der Waals surface area (Å²) in [6.07, 6.45) is 8.25. The lowest BCUT2D eigenvalue weighted by Crippen LogP contribution is -2.36. The van der Waals surface area contributed by atoms with E-state index in [-0.39, 0.29) is 12.5 Å². The van der Waals surface area contributed by atoms with Gasteiger partial charge in [-0.05, 0) is 48.9 Å². The minimum absolute atomic E-state index is 0.0522. The number of carbonyl (C=O) groups excluding carboxylic acids is 1. The zero-order chi connectivity index (χ0) is 24.6. The average molecular weight is 487 g/mol. The van der Waals surface area contributed by atoms with E-state index >= 15 is 0 Å². The number of likely N-dealkylation sites (tertiary alicyclic amines) is 1. The first-order valence-electron chi connectivity index (χ1n) is 12.9. The molecule has 5 rings (SSSR count). The van der Waals surface area contributed by atoms with E-state index in [1.54, 1.807) is 18.6 Å². The van der Waals surface area contributed by atoms with Crippen molar-refractivity contribution in [3.63, 3.8) is 0 Å². The van der Waals surface area contributed by atoms with E-state index in [0.717, 1.165) is 87.8 Å². The van der Waals surface area contributed by atoms with Gasteiger partial charge in [-0.1, -0.05) is 30.3 Å². The highest BCUT2D eigenvalue weighted by molar-refractivity contribution is 5.78. The Kier molecular flexibility index (Phi) is 8.20. The Morgan fingerprint density at radius 2 is 1.86 bits per heavy atom. The second-order valence-electron chi connectivity index (χ2n) is 9.51. The van der Waals surface area contributed by atoms with E-state index in [1.165, 1.54) is 5.56 Å². The van der Waals surface area contributed by atoms with E-state index < -0.39 is 0 Å². The van der Waals surface area contributed by atoms with Crippen LogP contribution in [0.25, 0.3) is 11.3 Å². The highest BCUT2D eigenvalue weighted by Crippen LogP contribution is 2.29. The number of carbonyl (C=O) groups is 1. The Labute approximate surface area is 213 Å². The number of hydrogen-bond donors (Lipinski definition) is 0. The molecule has 0 radical (unpaired) electrons. The molecule has 7 heteroatoms. The van der Waals surface area contributed by atoms with Crippen molar-refractivity contribution in [2.75, 3.05) is 46.0 Å². The minimum atomic E-state index is 0.0522. The topological polar surface area (TPSA) is 67.8 Å². The van der Waals surface area contributed by atoms with Crippen LogP contribution >= 0.6 is 0 Å². The first-order chi connectivity index (χ1) is 17.8. The zero-order valence-corrected chi connectivity index (χ0v) is 20.7. The van der Waals surface area contributed by atoms with Gasteiger partial charge >= 0.3 is 0 Å². The van der Waals surface area contributed by atoms with Crippen molar-refractivity contribution in [1.29, 1.82) is 0 Å². The first kappa shape index (κ1) is 24.4. The summed E-state index contributed by atoms with van der Waals surface area (Å²) in [5, 5.41) is 0. The van der Waals surface area contributed by atoms with Gasteiger partial charge in [0.25, 0.3) is 5.91 Å². The quantitative estimate of drug-likeness (QED) is 0.500. The van der Waals surface area contributed by atoms with E-state index in [0.29, 0.717) is 5.92 Å². The third-order valence-electron chi connectivity index (χ3n) is 7.12. The fourth-order valence-electron chi connectivity index (χ4n) is 5.09. The summed E-state index contributed by atoms with van der Waals surface area (Å²) in [4.78, 5) is 26.1. The molecule has 0 N–H and O–H groups in total. The highest BCUT2D eigenvalue weighted by Gasteiger charge is 2.22. The Morgan fingerprint density at radius 3 is 2.67 bits per heavy atom. The first-order valence-corrected chi connectivity index (χ1v) is 12.9. The predicted molar refractivity (Wildman–Crippen MR) is 139 cm³/mol. The van der Waals surface area contributed by atoms with Gasteiger partial charge in [0.1, 0.15) is 5.75 Å². The van der Waals surface area contributed by atoms with E-state index in [2.05, 4.69) is 51.3 Å². The van der Waals surface area contributed by atoms with Gasteiger partial charge in [0.2, 0.25) is 0 Å². The minimum Gasteiger partial charge on any atom is -0.483 e. The SMILES string of the molecule is O=C(COc1ccc(-c2cnccn2)cc1CN1CCOCC1)N1CCCC(c2ccccc2)CC1. The van der Waals surface area contributed by atoms with Crippen LogP contribution in [0.3, 0.4) is 0 Å². The van der Waals surface area contributed by atoms with Crippen LogP contribution in [0.4, 0.5) is 0 Å². The molecule has 0 spiro atoms. The van der Waals surface area contributed by atoms with Gasteiger partial charge in [-0.3, -0.25) is 19.7 Å². The Balaban J connectivity index is 1.25. The maximum atomic E-state index is 13.1. The molecule has 1 amide bonds. The second kappa shape index (κ2) is 12.1. The lowest BCUT2D eigenvalue weighted by Gasteiger charge is -2.27. The number of ether oxygens (including phenoxy) is 2. The summed E-state index contributed by atoms with van der Waals surface area (Å²) in [7, 11) is 0. The summed E-state index contributed by atoms with van der Waals surface area (Å²) in [6, 6.07) is 16.7.